The van der Waals surface area contributed by atoms with Crippen molar-refractivity contribution >= 4 is 5.91 Å². The van der Waals surface area contributed by atoms with Crippen LogP contribution in [0.1, 0.15) is 59.8 Å². The largest absolute Gasteiger partial charge is 0.496 e. The van der Waals surface area contributed by atoms with Gasteiger partial charge >= 0.3 is 0 Å². The van der Waals surface area contributed by atoms with Gasteiger partial charge in [-0.3, -0.25) is 4.79 Å². The van der Waals surface area contributed by atoms with Crippen LogP contribution < -0.4 is 0 Å². The van der Waals surface area contributed by atoms with Crippen molar-refractivity contribution < 1.29 is 19.4 Å². The van der Waals surface area contributed by atoms with Gasteiger partial charge in [0.15, 0.2) is 0 Å². The Morgan fingerprint density at radius 3 is 2.48 bits per heavy atom. The predicted octanol–water partition coefficient (Wildman–Crippen LogP) is 3.95. The van der Waals surface area contributed by atoms with Gasteiger partial charge in [0.2, 0.25) is 5.91 Å². The maximum atomic E-state index is 13.2. The lowest BCUT2D eigenvalue weighted by Crippen LogP contribution is -2.45. The first kappa shape index (κ1) is 21.7. The summed E-state index contributed by atoms with van der Waals surface area (Å²) in [6.45, 7) is 13.3. The Kier molecular flexibility index (Phi) is 7.29. The van der Waals surface area contributed by atoms with Crippen LogP contribution in [0.3, 0.4) is 0 Å². The third-order valence-corrected chi connectivity index (χ3v) is 5.66. The number of allylic oxidation sites excluding steroid dienone is 4. The highest BCUT2D eigenvalue weighted by atomic mass is 16.5. The molecule has 0 unspecified atom stereocenters. The van der Waals surface area contributed by atoms with Crippen molar-refractivity contribution in [3.63, 3.8) is 0 Å². The molecule has 2 rings (SSSR count). The summed E-state index contributed by atoms with van der Waals surface area (Å²) in [6.07, 6.45) is 9.10. The van der Waals surface area contributed by atoms with Crippen LogP contribution >= 0.6 is 0 Å². The summed E-state index contributed by atoms with van der Waals surface area (Å²) in [6, 6.07) is 0. The maximum absolute atomic E-state index is 13.2. The lowest BCUT2D eigenvalue weighted by Gasteiger charge is -2.40. The van der Waals surface area contributed by atoms with Gasteiger partial charge in [-0.05, 0) is 78.0 Å². The number of amides is 1. The molecular formula is C22H35NO4. The molecule has 1 amide bonds. The molecule has 1 heterocycles. The molecule has 5 heteroatoms. The molecule has 5 nitrogen and oxygen atoms in total. The number of likely N-dealkylation sites (tertiary alicyclic amines) is 1. The van der Waals surface area contributed by atoms with Crippen LogP contribution in [0.5, 0.6) is 0 Å². The molecular weight excluding hydrogens is 342 g/mol. The zero-order chi connectivity index (χ0) is 20.1. The van der Waals surface area contributed by atoms with E-state index in [-0.39, 0.29) is 17.4 Å². The van der Waals surface area contributed by atoms with Crippen molar-refractivity contribution in [3.05, 3.63) is 36.3 Å². The van der Waals surface area contributed by atoms with Crippen molar-refractivity contribution in [2.24, 2.45) is 5.41 Å². The monoisotopic (exact) mass is 377 g/mol. The second kappa shape index (κ2) is 9.07. The molecule has 1 saturated carbocycles. The standard InChI is InChI=1S/C22H35NO4/c1-6-19(9-8-18(5)27-17(3)4)23-15-14-21(20(23)24)10-12-22(25,13-11-21)16-26-7-2/h6,8-9,17,25H,1,7,10-16H2,2-5H3/b18-8+,19-9+. The molecule has 1 aliphatic heterocycles. The van der Waals surface area contributed by atoms with Crippen LogP contribution in [0.15, 0.2) is 36.3 Å². The fraction of sp³-hybridized carbons (Fsp3) is 0.682. The number of aliphatic hydroxyl groups is 1. The lowest BCUT2D eigenvalue weighted by atomic mass is 9.68. The number of rotatable bonds is 8. The highest BCUT2D eigenvalue weighted by Gasteiger charge is 2.51. The van der Waals surface area contributed by atoms with E-state index in [9.17, 15) is 9.90 Å². The molecule has 0 aromatic carbocycles. The number of nitrogens with zero attached hydrogens (tertiary/aromatic N) is 1. The van der Waals surface area contributed by atoms with E-state index >= 15 is 0 Å². The number of hydrogen-bond donors (Lipinski definition) is 1. The Balaban J connectivity index is 2.06. The third kappa shape index (κ3) is 5.23. The van der Waals surface area contributed by atoms with Gasteiger partial charge in [0.1, 0.15) is 0 Å². The predicted molar refractivity (Wildman–Crippen MR) is 107 cm³/mol. The van der Waals surface area contributed by atoms with Gasteiger partial charge in [0.05, 0.1) is 29.5 Å². The first-order valence-corrected chi connectivity index (χ1v) is 10.0. The maximum Gasteiger partial charge on any atom is 0.233 e. The summed E-state index contributed by atoms with van der Waals surface area (Å²) in [7, 11) is 0. The molecule has 0 atom stereocenters. The molecule has 2 aliphatic rings. The minimum atomic E-state index is -0.792. The summed E-state index contributed by atoms with van der Waals surface area (Å²) in [5.41, 5.74) is -0.341. The molecule has 1 N–H and O–H groups in total. The molecule has 0 radical (unpaired) electrons. The van der Waals surface area contributed by atoms with Crippen molar-refractivity contribution in [3.8, 4) is 0 Å². The molecule has 2 fully saturated rings. The van der Waals surface area contributed by atoms with Gasteiger partial charge in [-0.2, -0.15) is 0 Å². The minimum absolute atomic E-state index is 0.121. The average molecular weight is 378 g/mol. The van der Waals surface area contributed by atoms with Crippen LogP contribution in [0.2, 0.25) is 0 Å². The van der Waals surface area contributed by atoms with E-state index in [0.717, 1.165) is 17.9 Å². The lowest BCUT2D eigenvalue weighted by molar-refractivity contribution is -0.141. The first-order valence-electron chi connectivity index (χ1n) is 10.0. The third-order valence-electron chi connectivity index (χ3n) is 5.66. The fourth-order valence-corrected chi connectivity index (χ4v) is 4.04. The SMILES string of the molecule is C=C/C(=C\C=C(/C)OC(C)C)N1CCC2(CCC(O)(COCC)CC2)C1=O. The van der Waals surface area contributed by atoms with Crippen LogP contribution in [-0.2, 0) is 14.3 Å². The minimum Gasteiger partial charge on any atom is -0.496 e. The van der Waals surface area contributed by atoms with E-state index in [1.165, 1.54) is 0 Å². The van der Waals surface area contributed by atoms with Gasteiger partial charge in [-0.1, -0.05) is 6.58 Å². The normalized spacial score (nSPS) is 29.7. The number of ether oxygens (including phenoxy) is 2. The van der Waals surface area contributed by atoms with Gasteiger partial charge in [-0.15, -0.1) is 0 Å². The molecule has 0 bridgehead atoms. The molecule has 27 heavy (non-hydrogen) atoms. The Morgan fingerprint density at radius 2 is 1.93 bits per heavy atom. The Bertz CT molecular complexity index is 597. The van der Waals surface area contributed by atoms with E-state index in [0.29, 0.717) is 45.4 Å². The quantitative estimate of drug-likeness (QED) is 0.514. The molecule has 1 aliphatic carbocycles. The zero-order valence-electron chi connectivity index (χ0n) is 17.3. The van der Waals surface area contributed by atoms with Crippen molar-refractivity contribution in [2.45, 2.75) is 71.5 Å². The summed E-state index contributed by atoms with van der Waals surface area (Å²) >= 11 is 0. The summed E-state index contributed by atoms with van der Waals surface area (Å²) < 4.78 is 11.1. The fourth-order valence-electron chi connectivity index (χ4n) is 4.04. The van der Waals surface area contributed by atoms with Crippen LogP contribution in [0.25, 0.3) is 0 Å². The van der Waals surface area contributed by atoms with Crippen molar-refractivity contribution in [1.29, 1.82) is 0 Å². The van der Waals surface area contributed by atoms with Crippen molar-refractivity contribution in [2.75, 3.05) is 19.8 Å². The Hall–Kier alpha value is -1.59. The highest BCUT2D eigenvalue weighted by Crippen LogP contribution is 2.48. The summed E-state index contributed by atoms with van der Waals surface area (Å²) in [5, 5.41) is 10.7. The number of carbonyl (C=O) groups is 1. The second-order valence-corrected chi connectivity index (χ2v) is 8.09. The summed E-state index contributed by atoms with van der Waals surface area (Å²) in [5.74, 6) is 0.965. The van der Waals surface area contributed by atoms with Crippen LogP contribution in [-0.4, -0.2) is 47.4 Å². The smallest absolute Gasteiger partial charge is 0.233 e. The van der Waals surface area contributed by atoms with E-state index in [2.05, 4.69) is 6.58 Å². The second-order valence-electron chi connectivity index (χ2n) is 8.09. The summed E-state index contributed by atoms with van der Waals surface area (Å²) in [4.78, 5) is 15.0. The molecule has 0 aromatic rings. The van der Waals surface area contributed by atoms with Gasteiger partial charge in [-0.25, -0.2) is 0 Å². The highest BCUT2D eigenvalue weighted by molar-refractivity contribution is 5.87. The topological polar surface area (TPSA) is 59.0 Å². The number of carbonyl (C=O) groups excluding carboxylic acids is 1. The average Bonchev–Trinajstić information content (AvgIpc) is 2.93. The first-order chi connectivity index (χ1) is 12.7. The Labute approximate surface area is 163 Å². The Morgan fingerprint density at radius 1 is 1.26 bits per heavy atom. The van der Waals surface area contributed by atoms with E-state index in [4.69, 9.17) is 9.47 Å². The van der Waals surface area contributed by atoms with E-state index < -0.39 is 5.60 Å². The van der Waals surface area contributed by atoms with Crippen LogP contribution in [0, 0.1) is 5.41 Å². The van der Waals surface area contributed by atoms with Crippen LogP contribution in [0.4, 0.5) is 0 Å². The molecule has 1 saturated heterocycles. The van der Waals surface area contributed by atoms with Gasteiger partial charge < -0.3 is 19.5 Å². The number of hydrogen-bond acceptors (Lipinski definition) is 4. The van der Waals surface area contributed by atoms with E-state index in [1.54, 1.807) is 6.08 Å². The zero-order valence-corrected chi connectivity index (χ0v) is 17.3. The molecule has 152 valence electrons. The van der Waals surface area contributed by atoms with Gasteiger partial charge in [0, 0.05) is 18.8 Å². The van der Waals surface area contributed by atoms with Crippen molar-refractivity contribution in [1.82, 2.24) is 4.90 Å². The van der Waals surface area contributed by atoms with E-state index in [1.807, 2.05) is 44.7 Å². The molecule has 0 aromatic heterocycles. The van der Waals surface area contributed by atoms with Gasteiger partial charge in [0.25, 0.3) is 0 Å². The molecule has 1 spiro atoms.